The number of rotatable bonds is 6. The predicted octanol–water partition coefficient (Wildman–Crippen LogP) is 2.81. The molecule has 0 atom stereocenters. The van der Waals surface area contributed by atoms with Crippen molar-refractivity contribution >= 4 is 17.6 Å². The second-order valence-electron chi connectivity index (χ2n) is 6.97. The summed E-state index contributed by atoms with van der Waals surface area (Å²) in [5.74, 6) is 0.123. The minimum absolute atomic E-state index is 0.00255. The molecule has 1 aromatic rings. The lowest BCUT2D eigenvalue weighted by molar-refractivity contribution is -0.136. The summed E-state index contributed by atoms with van der Waals surface area (Å²) in [6.45, 7) is 11.9. The molecule has 6 nitrogen and oxygen atoms in total. The molecule has 0 saturated carbocycles. The van der Waals surface area contributed by atoms with Crippen molar-refractivity contribution in [1.82, 2.24) is 14.8 Å². The fourth-order valence-corrected chi connectivity index (χ4v) is 3.97. The number of carbonyl (C=O) groups is 3. The first-order valence-electron chi connectivity index (χ1n) is 9.65. The molecule has 6 heteroatoms. The normalized spacial score (nSPS) is 15.2. The van der Waals surface area contributed by atoms with Crippen LogP contribution in [0.5, 0.6) is 0 Å². The summed E-state index contributed by atoms with van der Waals surface area (Å²) in [4.78, 5) is 44.2. The van der Waals surface area contributed by atoms with Crippen molar-refractivity contribution < 1.29 is 14.4 Å². The molecular weight excluding hydrogens is 330 g/mol. The summed E-state index contributed by atoms with van der Waals surface area (Å²) < 4.78 is 0. The SMILES string of the molecule is CCc1c(C(=O)N2CCC(C(=O)N(CC)CC)CC2)[nH]c(C)c1C(C)=O. The second-order valence-corrected chi connectivity index (χ2v) is 6.97. The number of H-pyrrole nitrogens is 1. The Labute approximate surface area is 155 Å². The predicted molar refractivity (Wildman–Crippen MR) is 101 cm³/mol. The van der Waals surface area contributed by atoms with Crippen molar-refractivity contribution in [1.29, 1.82) is 0 Å². The minimum Gasteiger partial charge on any atom is -0.354 e. The van der Waals surface area contributed by atoms with Crippen LogP contribution in [0.3, 0.4) is 0 Å². The number of Topliss-reactive ketones (excluding diaryl/α,β-unsaturated/α-hetero) is 1. The number of carbonyl (C=O) groups excluding carboxylic acids is 3. The molecule has 0 unspecified atom stereocenters. The summed E-state index contributed by atoms with van der Waals surface area (Å²) in [7, 11) is 0. The number of amides is 2. The zero-order chi connectivity index (χ0) is 19.4. The van der Waals surface area contributed by atoms with Crippen LogP contribution in [-0.4, -0.2) is 58.6 Å². The average molecular weight is 361 g/mol. The number of nitrogens with one attached hydrogen (secondary N) is 1. The maximum atomic E-state index is 13.0. The summed E-state index contributed by atoms with van der Waals surface area (Å²) in [6.07, 6.45) is 2.03. The van der Waals surface area contributed by atoms with Crippen LogP contribution < -0.4 is 0 Å². The van der Waals surface area contributed by atoms with Gasteiger partial charge in [0.25, 0.3) is 5.91 Å². The Morgan fingerprint density at radius 1 is 1.12 bits per heavy atom. The smallest absolute Gasteiger partial charge is 0.270 e. The number of piperidine rings is 1. The quantitative estimate of drug-likeness (QED) is 0.792. The van der Waals surface area contributed by atoms with E-state index in [1.54, 1.807) is 4.90 Å². The number of aromatic amines is 1. The summed E-state index contributed by atoms with van der Waals surface area (Å²) in [5.41, 5.74) is 2.73. The van der Waals surface area contributed by atoms with E-state index in [0.29, 0.717) is 43.6 Å². The van der Waals surface area contributed by atoms with E-state index < -0.39 is 0 Å². The van der Waals surface area contributed by atoms with Gasteiger partial charge in [0, 0.05) is 43.4 Å². The Bertz CT molecular complexity index is 681. The van der Waals surface area contributed by atoms with Gasteiger partial charge in [0.15, 0.2) is 5.78 Å². The van der Waals surface area contributed by atoms with Gasteiger partial charge >= 0.3 is 0 Å². The van der Waals surface area contributed by atoms with Gasteiger partial charge in [0.2, 0.25) is 5.91 Å². The Balaban J connectivity index is 2.11. The van der Waals surface area contributed by atoms with Gasteiger partial charge in [-0.25, -0.2) is 0 Å². The van der Waals surface area contributed by atoms with E-state index in [4.69, 9.17) is 0 Å². The number of aryl methyl sites for hydroxylation is 1. The molecule has 1 N–H and O–H groups in total. The third kappa shape index (κ3) is 3.84. The van der Waals surface area contributed by atoms with Gasteiger partial charge in [-0.05, 0) is 52.5 Å². The van der Waals surface area contributed by atoms with Crippen LogP contribution in [0, 0.1) is 12.8 Å². The molecule has 0 aliphatic carbocycles. The van der Waals surface area contributed by atoms with Crippen LogP contribution in [0.4, 0.5) is 0 Å². The maximum absolute atomic E-state index is 13.0. The highest BCUT2D eigenvalue weighted by Crippen LogP contribution is 2.25. The second kappa shape index (κ2) is 8.52. The molecule has 26 heavy (non-hydrogen) atoms. The first-order chi connectivity index (χ1) is 12.3. The molecule has 1 saturated heterocycles. The van der Waals surface area contributed by atoms with Crippen LogP contribution in [0.25, 0.3) is 0 Å². The average Bonchev–Trinajstić information content (AvgIpc) is 2.98. The molecule has 2 rings (SSSR count). The van der Waals surface area contributed by atoms with Crippen LogP contribution >= 0.6 is 0 Å². The molecule has 1 aromatic heterocycles. The van der Waals surface area contributed by atoms with E-state index in [0.717, 1.165) is 24.3 Å². The zero-order valence-corrected chi connectivity index (χ0v) is 16.6. The molecule has 1 aliphatic rings. The number of hydrogen-bond acceptors (Lipinski definition) is 3. The minimum atomic E-state index is -0.0637. The highest BCUT2D eigenvalue weighted by molar-refractivity contribution is 6.02. The molecule has 0 spiro atoms. The van der Waals surface area contributed by atoms with Crippen LogP contribution in [-0.2, 0) is 11.2 Å². The molecule has 0 aromatic carbocycles. The molecule has 144 valence electrons. The number of hydrogen-bond donors (Lipinski definition) is 1. The van der Waals surface area contributed by atoms with E-state index in [1.807, 2.05) is 32.6 Å². The molecule has 2 amide bonds. The van der Waals surface area contributed by atoms with E-state index in [9.17, 15) is 14.4 Å². The fourth-order valence-electron chi connectivity index (χ4n) is 3.97. The van der Waals surface area contributed by atoms with Crippen molar-refractivity contribution in [2.45, 2.75) is 53.9 Å². The monoisotopic (exact) mass is 361 g/mol. The first kappa shape index (κ1) is 20.2. The highest BCUT2D eigenvalue weighted by Gasteiger charge is 2.31. The van der Waals surface area contributed by atoms with Gasteiger partial charge in [-0.2, -0.15) is 0 Å². The summed E-state index contributed by atoms with van der Waals surface area (Å²) in [6, 6.07) is 0. The standard InChI is InChI=1S/C20H31N3O3/c1-6-16-17(14(5)24)13(4)21-18(16)20(26)23-11-9-15(10-12-23)19(25)22(7-2)8-3/h15,21H,6-12H2,1-5H3. The third-order valence-corrected chi connectivity index (χ3v) is 5.42. The van der Waals surface area contributed by atoms with Gasteiger partial charge in [0.05, 0.1) is 0 Å². The van der Waals surface area contributed by atoms with E-state index in [1.165, 1.54) is 6.92 Å². The first-order valence-corrected chi connectivity index (χ1v) is 9.65. The number of nitrogens with zero attached hydrogens (tertiary/aromatic N) is 2. The van der Waals surface area contributed by atoms with E-state index >= 15 is 0 Å². The lowest BCUT2D eigenvalue weighted by atomic mass is 9.94. The zero-order valence-electron chi connectivity index (χ0n) is 16.6. The largest absolute Gasteiger partial charge is 0.354 e. The lowest BCUT2D eigenvalue weighted by Crippen LogP contribution is -2.44. The number of likely N-dealkylation sites (tertiary alicyclic amines) is 1. The van der Waals surface area contributed by atoms with Gasteiger partial charge in [-0.15, -0.1) is 0 Å². The Morgan fingerprint density at radius 3 is 2.15 bits per heavy atom. The van der Waals surface area contributed by atoms with Gasteiger partial charge in [0.1, 0.15) is 5.69 Å². The maximum Gasteiger partial charge on any atom is 0.270 e. The third-order valence-electron chi connectivity index (χ3n) is 5.42. The summed E-state index contributed by atoms with van der Waals surface area (Å²) in [5, 5.41) is 0. The molecule has 2 heterocycles. The lowest BCUT2D eigenvalue weighted by Gasteiger charge is -2.33. The van der Waals surface area contributed by atoms with Crippen molar-refractivity contribution in [3.8, 4) is 0 Å². The van der Waals surface area contributed by atoms with E-state index in [2.05, 4.69) is 4.98 Å². The topological polar surface area (TPSA) is 73.5 Å². The molecule has 1 aliphatic heterocycles. The van der Waals surface area contributed by atoms with Crippen LogP contribution in [0.15, 0.2) is 0 Å². The molecule has 0 radical (unpaired) electrons. The van der Waals surface area contributed by atoms with Crippen LogP contribution in [0.1, 0.15) is 72.6 Å². The molecule has 0 bridgehead atoms. The Kier molecular flexibility index (Phi) is 6.62. The Morgan fingerprint density at radius 2 is 1.69 bits per heavy atom. The highest BCUT2D eigenvalue weighted by atomic mass is 16.2. The fraction of sp³-hybridized carbons (Fsp3) is 0.650. The number of ketones is 1. The number of aromatic nitrogens is 1. The molecule has 1 fully saturated rings. The van der Waals surface area contributed by atoms with Gasteiger partial charge in [-0.1, -0.05) is 6.92 Å². The van der Waals surface area contributed by atoms with Crippen molar-refractivity contribution in [2.24, 2.45) is 5.92 Å². The van der Waals surface area contributed by atoms with Crippen molar-refractivity contribution in [3.05, 3.63) is 22.5 Å². The molecular formula is C20H31N3O3. The van der Waals surface area contributed by atoms with Gasteiger partial charge < -0.3 is 14.8 Å². The van der Waals surface area contributed by atoms with Crippen LogP contribution in [0.2, 0.25) is 0 Å². The Hall–Kier alpha value is -2.11. The van der Waals surface area contributed by atoms with Crippen molar-refractivity contribution in [3.63, 3.8) is 0 Å². The summed E-state index contributed by atoms with van der Waals surface area (Å²) >= 11 is 0. The van der Waals surface area contributed by atoms with Crippen molar-refractivity contribution in [2.75, 3.05) is 26.2 Å². The van der Waals surface area contributed by atoms with E-state index in [-0.39, 0.29) is 23.5 Å². The van der Waals surface area contributed by atoms with Gasteiger partial charge in [-0.3, -0.25) is 14.4 Å².